The van der Waals surface area contributed by atoms with Crippen LogP contribution in [0.2, 0.25) is 0 Å². The molecule has 0 saturated heterocycles. The highest BCUT2D eigenvalue weighted by Gasteiger charge is 2.07. The molecule has 0 radical (unpaired) electrons. The molecule has 1 rings (SSSR count). The molecule has 0 aromatic carbocycles. The predicted molar refractivity (Wildman–Crippen MR) is 65.0 cm³/mol. The monoisotopic (exact) mass is 218 g/mol. The maximum atomic E-state index is 8.58. The van der Waals surface area contributed by atoms with Gasteiger partial charge in [0, 0.05) is 38.3 Å². The summed E-state index contributed by atoms with van der Waals surface area (Å²) in [7, 11) is 1.87. The molecule has 1 N–H and O–H groups in total. The van der Waals surface area contributed by atoms with Crippen LogP contribution in [0.1, 0.15) is 18.9 Å². The second-order valence-electron chi connectivity index (χ2n) is 3.54. The molecule has 86 valence electrons. The van der Waals surface area contributed by atoms with Gasteiger partial charge in [0.1, 0.15) is 5.82 Å². The minimum atomic E-state index is 0.572. The Morgan fingerprint density at radius 2 is 2.38 bits per heavy atom. The summed E-state index contributed by atoms with van der Waals surface area (Å²) in [4.78, 5) is 6.50. The van der Waals surface area contributed by atoms with E-state index in [9.17, 15) is 0 Å². The van der Waals surface area contributed by atoms with Crippen LogP contribution in [0.4, 0.5) is 5.82 Å². The second-order valence-corrected chi connectivity index (χ2v) is 3.54. The van der Waals surface area contributed by atoms with Gasteiger partial charge < -0.3 is 5.32 Å². The summed E-state index contributed by atoms with van der Waals surface area (Å²) < 4.78 is 0. The molecule has 1 heterocycles. The molecular formula is C12H18N4. The fraction of sp³-hybridized carbons (Fsp3) is 0.500. The van der Waals surface area contributed by atoms with Crippen LogP contribution in [-0.4, -0.2) is 30.0 Å². The summed E-state index contributed by atoms with van der Waals surface area (Å²) in [6.45, 7) is 4.69. The number of anilines is 1. The first kappa shape index (κ1) is 12.5. The number of hydrogen-bond donors (Lipinski definition) is 1. The molecule has 0 aliphatic carbocycles. The molecule has 0 bridgehead atoms. The van der Waals surface area contributed by atoms with Crippen molar-refractivity contribution in [3.05, 3.63) is 23.9 Å². The van der Waals surface area contributed by atoms with Gasteiger partial charge >= 0.3 is 0 Å². The van der Waals surface area contributed by atoms with Crippen LogP contribution in [0.25, 0.3) is 0 Å². The standard InChI is InChI=1S/C12H18N4/c1-3-16(9-5-7-13)10-11-6-4-8-15-12(11)14-2/h4,6,8H,3,5,9-10H2,1-2H3,(H,14,15). The Hall–Kier alpha value is -1.60. The maximum absolute atomic E-state index is 8.58. The smallest absolute Gasteiger partial charge is 0.130 e. The minimum absolute atomic E-state index is 0.572. The van der Waals surface area contributed by atoms with Gasteiger partial charge in [0.05, 0.1) is 6.07 Å². The molecular weight excluding hydrogens is 200 g/mol. The third kappa shape index (κ3) is 3.52. The van der Waals surface area contributed by atoms with E-state index in [1.807, 2.05) is 13.1 Å². The summed E-state index contributed by atoms with van der Waals surface area (Å²) in [5, 5.41) is 11.7. The van der Waals surface area contributed by atoms with E-state index in [2.05, 4.69) is 34.3 Å². The van der Waals surface area contributed by atoms with Gasteiger partial charge in [0.25, 0.3) is 0 Å². The van der Waals surface area contributed by atoms with Crippen LogP contribution in [0.3, 0.4) is 0 Å². The van der Waals surface area contributed by atoms with Crippen molar-refractivity contribution in [2.24, 2.45) is 0 Å². The Morgan fingerprint density at radius 1 is 1.56 bits per heavy atom. The van der Waals surface area contributed by atoms with E-state index < -0.39 is 0 Å². The first-order valence-electron chi connectivity index (χ1n) is 5.52. The second kappa shape index (κ2) is 6.81. The SMILES string of the molecule is CCN(CCC#N)Cc1cccnc1NC. The lowest BCUT2D eigenvalue weighted by Gasteiger charge is -2.20. The Labute approximate surface area is 96.9 Å². The molecule has 16 heavy (non-hydrogen) atoms. The summed E-state index contributed by atoms with van der Waals surface area (Å²) in [5.41, 5.74) is 1.17. The van der Waals surface area contributed by atoms with Gasteiger partial charge in [-0.15, -0.1) is 0 Å². The molecule has 0 saturated carbocycles. The largest absolute Gasteiger partial charge is 0.373 e. The van der Waals surface area contributed by atoms with E-state index in [1.54, 1.807) is 6.20 Å². The van der Waals surface area contributed by atoms with Crippen LogP contribution >= 0.6 is 0 Å². The highest BCUT2D eigenvalue weighted by atomic mass is 15.1. The van der Waals surface area contributed by atoms with Crippen LogP contribution < -0.4 is 5.32 Å². The molecule has 0 aliphatic heterocycles. The zero-order valence-corrected chi connectivity index (χ0v) is 9.90. The Morgan fingerprint density at radius 3 is 3.00 bits per heavy atom. The predicted octanol–water partition coefficient (Wildman–Crippen LogP) is 1.86. The quantitative estimate of drug-likeness (QED) is 0.791. The van der Waals surface area contributed by atoms with E-state index in [1.165, 1.54) is 5.56 Å². The lowest BCUT2D eigenvalue weighted by atomic mass is 10.2. The molecule has 1 aromatic heterocycles. The molecule has 1 aromatic rings. The van der Waals surface area contributed by atoms with Crippen LogP contribution in [-0.2, 0) is 6.54 Å². The molecule has 0 spiro atoms. The first-order valence-corrected chi connectivity index (χ1v) is 5.52. The molecule has 0 fully saturated rings. The lowest BCUT2D eigenvalue weighted by Crippen LogP contribution is -2.24. The van der Waals surface area contributed by atoms with Gasteiger partial charge in [-0.05, 0) is 12.6 Å². The fourth-order valence-corrected chi connectivity index (χ4v) is 1.59. The summed E-state index contributed by atoms with van der Waals surface area (Å²) >= 11 is 0. The zero-order chi connectivity index (χ0) is 11.8. The van der Waals surface area contributed by atoms with Gasteiger partial charge in [-0.1, -0.05) is 13.0 Å². The number of aromatic nitrogens is 1. The molecule has 0 aliphatic rings. The van der Waals surface area contributed by atoms with Gasteiger partial charge in [0.2, 0.25) is 0 Å². The molecule has 0 unspecified atom stereocenters. The first-order chi connectivity index (χ1) is 7.81. The van der Waals surface area contributed by atoms with E-state index in [-0.39, 0.29) is 0 Å². The van der Waals surface area contributed by atoms with Crippen LogP contribution in [0, 0.1) is 11.3 Å². The number of nitrogens with one attached hydrogen (secondary N) is 1. The average Bonchev–Trinajstić information content (AvgIpc) is 2.34. The highest BCUT2D eigenvalue weighted by molar-refractivity contribution is 5.42. The minimum Gasteiger partial charge on any atom is -0.373 e. The van der Waals surface area contributed by atoms with Gasteiger partial charge in [-0.2, -0.15) is 5.26 Å². The van der Waals surface area contributed by atoms with E-state index in [4.69, 9.17) is 5.26 Å². The maximum Gasteiger partial charge on any atom is 0.130 e. The summed E-state index contributed by atoms with van der Waals surface area (Å²) in [6.07, 6.45) is 2.35. The number of rotatable bonds is 6. The Bertz CT molecular complexity index is 356. The topological polar surface area (TPSA) is 52.0 Å². The average molecular weight is 218 g/mol. The molecule has 4 nitrogen and oxygen atoms in total. The van der Waals surface area contributed by atoms with Gasteiger partial charge in [-0.25, -0.2) is 4.98 Å². The van der Waals surface area contributed by atoms with Crippen molar-refractivity contribution in [2.45, 2.75) is 19.9 Å². The molecule has 0 amide bonds. The Kier molecular flexibility index (Phi) is 5.30. The Balaban J connectivity index is 2.66. The van der Waals surface area contributed by atoms with E-state index in [0.29, 0.717) is 6.42 Å². The number of pyridine rings is 1. The lowest BCUT2D eigenvalue weighted by molar-refractivity contribution is 0.287. The normalized spacial score (nSPS) is 10.1. The molecule has 4 heteroatoms. The number of nitriles is 1. The highest BCUT2D eigenvalue weighted by Crippen LogP contribution is 2.13. The van der Waals surface area contributed by atoms with Gasteiger partial charge in [0.15, 0.2) is 0 Å². The van der Waals surface area contributed by atoms with Crippen molar-refractivity contribution in [1.82, 2.24) is 9.88 Å². The zero-order valence-electron chi connectivity index (χ0n) is 9.90. The third-order valence-electron chi connectivity index (χ3n) is 2.51. The van der Waals surface area contributed by atoms with Gasteiger partial charge in [-0.3, -0.25) is 4.90 Å². The van der Waals surface area contributed by atoms with Crippen molar-refractivity contribution in [2.75, 3.05) is 25.5 Å². The fourth-order valence-electron chi connectivity index (χ4n) is 1.59. The van der Waals surface area contributed by atoms with Crippen molar-refractivity contribution in [1.29, 1.82) is 5.26 Å². The van der Waals surface area contributed by atoms with Crippen molar-refractivity contribution < 1.29 is 0 Å². The summed E-state index contributed by atoms with van der Waals surface area (Å²) in [5.74, 6) is 0.915. The number of hydrogen-bond acceptors (Lipinski definition) is 4. The van der Waals surface area contributed by atoms with E-state index in [0.717, 1.165) is 25.5 Å². The summed E-state index contributed by atoms with van der Waals surface area (Å²) in [6, 6.07) is 6.18. The van der Waals surface area contributed by atoms with Crippen LogP contribution in [0.5, 0.6) is 0 Å². The van der Waals surface area contributed by atoms with Crippen molar-refractivity contribution in [3.63, 3.8) is 0 Å². The molecule has 0 atom stereocenters. The van der Waals surface area contributed by atoms with Crippen molar-refractivity contribution in [3.8, 4) is 6.07 Å². The van der Waals surface area contributed by atoms with Crippen molar-refractivity contribution >= 4 is 5.82 Å². The number of nitrogens with zero attached hydrogens (tertiary/aromatic N) is 3. The van der Waals surface area contributed by atoms with Crippen LogP contribution in [0.15, 0.2) is 18.3 Å². The third-order valence-corrected chi connectivity index (χ3v) is 2.51. The van der Waals surface area contributed by atoms with E-state index >= 15 is 0 Å².